The molecule has 2 amide bonds. The smallest absolute Gasteiger partial charge is 0.333 e. The topological polar surface area (TPSA) is 116 Å². The molecule has 182 valence electrons. The molecule has 3 aromatic heterocycles. The van der Waals surface area contributed by atoms with E-state index in [9.17, 15) is 19.2 Å². The fraction of sp³-hybridized carbons (Fsp3) is 0.292. The van der Waals surface area contributed by atoms with Gasteiger partial charge in [-0.15, -0.1) is 0 Å². The minimum Gasteiger partial charge on any atom is -0.467 e. The molecular weight excluding hydrogens is 452 g/mol. The van der Waals surface area contributed by atoms with Crippen LogP contribution in [-0.2, 0) is 29.2 Å². The lowest BCUT2D eigenvalue weighted by molar-refractivity contribution is -0.138. The highest BCUT2D eigenvalue weighted by atomic mass is 16.3. The lowest BCUT2D eigenvalue weighted by atomic mass is 10.2. The van der Waals surface area contributed by atoms with Crippen molar-refractivity contribution in [2.24, 2.45) is 0 Å². The molecule has 0 aliphatic rings. The number of carbonyl (C=O) groups excluding carboxylic acids is 2. The lowest BCUT2D eigenvalue weighted by Gasteiger charge is -2.20. The first-order valence-corrected chi connectivity index (χ1v) is 10.9. The monoisotopic (exact) mass is 478 g/mol. The third-order valence-corrected chi connectivity index (χ3v) is 5.66. The molecule has 0 aliphatic carbocycles. The van der Waals surface area contributed by atoms with Gasteiger partial charge in [0.05, 0.1) is 32.2 Å². The number of fused-ring (bicyclic) bond motifs is 1. The molecule has 4 aromatic rings. The summed E-state index contributed by atoms with van der Waals surface area (Å²) >= 11 is 0. The quantitative estimate of drug-likeness (QED) is 0.366. The van der Waals surface area contributed by atoms with Gasteiger partial charge < -0.3 is 18.8 Å². The Balaban J connectivity index is 1.79. The van der Waals surface area contributed by atoms with Crippen LogP contribution in [0.2, 0.25) is 0 Å². The molecule has 0 spiro atoms. The average Bonchev–Trinajstić information content (AvgIpc) is 3.50. The molecule has 3 heterocycles. The number of imidazole rings is 1. The number of amides is 2. The Morgan fingerprint density at radius 1 is 0.943 bits per heavy atom. The van der Waals surface area contributed by atoms with E-state index in [0.29, 0.717) is 5.76 Å². The maximum Gasteiger partial charge on any atom is 0.333 e. The van der Waals surface area contributed by atoms with E-state index in [1.54, 1.807) is 30.8 Å². The number of aromatic nitrogens is 4. The van der Waals surface area contributed by atoms with Crippen molar-refractivity contribution in [1.82, 2.24) is 28.5 Å². The van der Waals surface area contributed by atoms with Gasteiger partial charge in [0.1, 0.15) is 12.3 Å². The summed E-state index contributed by atoms with van der Waals surface area (Å²) in [6, 6.07) is 12.8. The van der Waals surface area contributed by atoms with E-state index in [1.807, 2.05) is 30.3 Å². The molecule has 0 aliphatic heterocycles. The SMILES string of the molecule is CN(C)C(=O)CN(C)C(=O)Cn1c(=O)c2c(ncn2Cc2ccco2)n(Cc2ccccc2)c1=O. The van der Waals surface area contributed by atoms with Crippen LogP contribution in [-0.4, -0.2) is 68.0 Å². The third-order valence-electron chi connectivity index (χ3n) is 5.66. The minimum atomic E-state index is -0.657. The Morgan fingerprint density at radius 3 is 2.34 bits per heavy atom. The van der Waals surface area contributed by atoms with Crippen LogP contribution in [0.3, 0.4) is 0 Å². The van der Waals surface area contributed by atoms with Crippen LogP contribution in [0.4, 0.5) is 0 Å². The maximum absolute atomic E-state index is 13.5. The molecule has 0 N–H and O–H groups in total. The molecule has 0 atom stereocenters. The number of furan rings is 1. The number of hydrogen-bond acceptors (Lipinski definition) is 6. The molecule has 11 heteroatoms. The van der Waals surface area contributed by atoms with Gasteiger partial charge in [-0.05, 0) is 17.7 Å². The van der Waals surface area contributed by atoms with E-state index in [2.05, 4.69) is 4.98 Å². The van der Waals surface area contributed by atoms with Gasteiger partial charge in [0.2, 0.25) is 11.8 Å². The van der Waals surface area contributed by atoms with Gasteiger partial charge in [-0.1, -0.05) is 30.3 Å². The van der Waals surface area contributed by atoms with Gasteiger partial charge in [0.25, 0.3) is 5.56 Å². The first kappa shape index (κ1) is 23.7. The summed E-state index contributed by atoms with van der Waals surface area (Å²) < 4.78 is 9.27. The van der Waals surface area contributed by atoms with Crippen LogP contribution in [0.15, 0.2) is 69.1 Å². The van der Waals surface area contributed by atoms with Crippen molar-refractivity contribution in [1.29, 1.82) is 0 Å². The summed E-state index contributed by atoms with van der Waals surface area (Å²) in [5.74, 6) is -0.210. The fourth-order valence-corrected chi connectivity index (χ4v) is 3.67. The van der Waals surface area contributed by atoms with Crippen LogP contribution >= 0.6 is 0 Å². The summed E-state index contributed by atoms with van der Waals surface area (Å²) in [7, 11) is 4.62. The number of rotatable bonds is 8. The molecule has 0 saturated heterocycles. The second-order valence-electron chi connectivity index (χ2n) is 8.41. The van der Waals surface area contributed by atoms with Crippen molar-refractivity contribution in [3.8, 4) is 0 Å². The second-order valence-corrected chi connectivity index (χ2v) is 8.41. The number of nitrogens with zero attached hydrogens (tertiary/aromatic N) is 6. The number of hydrogen-bond donors (Lipinski definition) is 0. The van der Waals surface area contributed by atoms with Crippen LogP contribution in [0.1, 0.15) is 11.3 Å². The number of carbonyl (C=O) groups is 2. The van der Waals surface area contributed by atoms with Crippen molar-refractivity contribution >= 4 is 23.0 Å². The summed E-state index contributed by atoms with van der Waals surface area (Å²) in [5, 5.41) is 0. The molecule has 0 saturated carbocycles. The fourth-order valence-electron chi connectivity index (χ4n) is 3.67. The molecule has 0 unspecified atom stereocenters. The van der Waals surface area contributed by atoms with Gasteiger partial charge in [0, 0.05) is 21.1 Å². The van der Waals surface area contributed by atoms with Crippen molar-refractivity contribution < 1.29 is 14.0 Å². The molecular formula is C24H26N6O5. The highest BCUT2D eigenvalue weighted by molar-refractivity contribution is 5.84. The van der Waals surface area contributed by atoms with E-state index in [-0.39, 0.29) is 36.7 Å². The van der Waals surface area contributed by atoms with Gasteiger partial charge in [-0.25, -0.2) is 14.3 Å². The normalized spacial score (nSPS) is 11.1. The molecule has 35 heavy (non-hydrogen) atoms. The predicted octanol–water partition coefficient (Wildman–Crippen LogP) is 0.596. The molecule has 0 fully saturated rings. The molecule has 0 radical (unpaired) electrons. The van der Waals surface area contributed by atoms with Crippen molar-refractivity contribution in [2.75, 3.05) is 27.7 Å². The Bertz CT molecular complexity index is 1460. The molecule has 0 bridgehead atoms. The largest absolute Gasteiger partial charge is 0.467 e. The van der Waals surface area contributed by atoms with Gasteiger partial charge in [0.15, 0.2) is 11.2 Å². The van der Waals surface area contributed by atoms with Gasteiger partial charge in [-0.2, -0.15) is 0 Å². The number of benzene rings is 1. The van der Waals surface area contributed by atoms with Crippen LogP contribution < -0.4 is 11.2 Å². The Morgan fingerprint density at radius 2 is 1.69 bits per heavy atom. The number of likely N-dealkylation sites (N-methyl/N-ethyl adjacent to an activating group) is 2. The van der Waals surface area contributed by atoms with Crippen LogP contribution in [0, 0.1) is 0 Å². The predicted molar refractivity (Wildman–Crippen MR) is 128 cm³/mol. The van der Waals surface area contributed by atoms with Crippen molar-refractivity contribution in [2.45, 2.75) is 19.6 Å². The van der Waals surface area contributed by atoms with E-state index >= 15 is 0 Å². The van der Waals surface area contributed by atoms with Crippen molar-refractivity contribution in [3.05, 3.63) is 87.2 Å². The van der Waals surface area contributed by atoms with Crippen molar-refractivity contribution in [3.63, 3.8) is 0 Å². The summed E-state index contributed by atoms with van der Waals surface area (Å²) in [6.45, 7) is -0.284. The Labute approximate surface area is 200 Å². The van der Waals surface area contributed by atoms with E-state index in [4.69, 9.17) is 4.42 Å². The van der Waals surface area contributed by atoms with Gasteiger partial charge >= 0.3 is 5.69 Å². The molecule has 4 rings (SSSR count). The second kappa shape index (κ2) is 9.84. The molecule has 1 aromatic carbocycles. The van der Waals surface area contributed by atoms with Crippen LogP contribution in [0.5, 0.6) is 0 Å². The highest BCUT2D eigenvalue weighted by Crippen LogP contribution is 2.12. The average molecular weight is 479 g/mol. The Kier molecular flexibility index (Phi) is 6.67. The standard InChI is InChI=1S/C24H26N6O5/c1-26(2)19(31)14-27(3)20(32)15-30-23(33)21-22(25-16-28(21)13-18-10-7-11-35-18)29(24(30)34)12-17-8-5-4-6-9-17/h4-11,16H,12-15H2,1-3H3. The van der Waals surface area contributed by atoms with E-state index in [0.717, 1.165) is 10.1 Å². The first-order chi connectivity index (χ1) is 16.8. The minimum absolute atomic E-state index is 0.164. The zero-order valence-corrected chi connectivity index (χ0v) is 19.7. The highest BCUT2D eigenvalue weighted by Gasteiger charge is 2.22. The van der Waals surface area contributed by atoms with Crippen LogP contribution in [0.25, 0.3) is 11.2 Å². The summed E-state index contributed by atoms with van der Waals surface area (Å²) in [4.78, 5) is 58.7. The first-order valence-electron chi connectivity index (χ1n) is 10.9. The summed E-state index contributed by atoms with van der Waals surface area (Å²) in [5.41, 5.74) is -0.0666. The van der Waals surface area contributed by atoms with E-state index in [1.165, 1.54) is 34.0 Å². The lowest BCUT2D eigenvalue weighted by Crippen LogP contribution is -2.46. The third kappa shape index (κ3) is 4.93. The van der Waals surface area contributed by atoms with Gasteiger partial charge in [-0.3, -0.25) is 19.0 Å². The zero-order valence-electron chi connectivity index (χ0n) is 19.7. The van der Waals surface area contributed by atoms with E-state index < -0.39 is 23.7 Å². The maximum atomic E-state index is 13.5. The molecule has 11 nitrogen and oxygen atoms in total. The zero-order chi connectivity index (χ0) is 25.1. The Hall–Kier alpha value is -4.41. The summed E-state index contributed by atoms with van der Waals surface area (Å²) in [6.07, 6.45) is 3.01.